The van der Waals surface area contributed by atoms with Crippen molar-refractivity contribution < 1.29 is 14.9 Å². The maximum absolute atomic E-state index is 11.9. The molecule has 0 unspecified atom stereocenters. The largest absolute Gasteiger partial charge is 0.504 e. The van der Waals surface area contributed by atoms with Gasteiger partial charge in [-0.1, -0.05) is 6.08 Å². The molecule has 2 bridgehead atoms. The Kier molecular flexibility index (Phi) is 2.17. The highest BCUT2D eigenvalue weighted by molar-refractivity contribution is 8.04. The van der Waals surface area contributed by atoms with E-state index in [-0.39, 0.29) is 22.3 Å². The number of hydrogen-bond acceptors (Lipinski definition) is 5. The Balaban J connectivity index is 1.81. The monoisotopic (exact) mass is 336 g/mol. The van der Waals surface area contributed by atoms with Gasteiger partial charge in [0.1, 0.15) is 12.2 Å². The summed E-state index contributed by atoms with van der Waals surface area (Å²) < 4.78 is 0. The maximum Gasteiger partial charge on any atom is 0.215 e. The summed E-state index contributed by atoms with van der Waals surface area (Å²) >= 11 is 1.69. The van der Waals surface area contributed by atoms with Gasteiger partial charge in [0.05, 0.1) is 27.3 Å². The molecule has 2 atom stereocenters. The molecule has 6 rings (SSSR count). The molecule has 0 radical (unpaired) electrons. The van der Waals surface area contributed by atoms with E-state index in [1.54, 1.807) is 23.9 Å². The predicted molar refractivity (Wildman–Crippen MR) is 92.0 cm³/mol. The van der Waals surface area contributed by atoms with Crippen LogP contribution >= 0.6 is 11.8 Å². The summed E-state index contributed by atoms with van der Waals surface area (Å²) in [5.41, 5.74) is 3.37. The normalized spacial score (nSPS) is 30.3. The molecule has 4 aliphatic heterocycles. The summed E-state index contributed by atoms with van der Waals surface area (Å²) in [4.78, 5) is 21.0. The molecule has 5 aliphatic rings. The van der Waals surface area contributed by atoms with E-state index in [0.717, 1.165) is 46.1 Å². The Hall–Kier alpha value is -2.34. The van der Waals surface area contributed by atoms with Gasteiger partial charge in [-0.05, 0) is 24.1 Å². The fourth-order valence-corrected chi connectivity index (χ4v) is 6.08. The van der Waals surface area contributed by atoms with Crippen LogP contribution in [-0.2, 0) is 10.2 Å². The van der Waals surface area contributed by atoms with Crippen LogP contribution in [0.4, 0.5) is 11.4 Å². The summed E-state index contributed by atoms with van der Waals surface area (Å²) in [5, 5.41) is 16.6. The Morgan fingerprint density at radius 1 is 1.46 bits per heavy atom. The van der Waals surface area contributed by atoms with Gasteiger partial charge in [0.15, 0.2) is 11.5 Å². The van der Waals surface area contributed by atoms with Crippen molar-refractivity contribution in [2.45, 2.75) is 23.6 Å². The minimum Gasteiger partial charge on any atom is -0.504 e. The molecule has 0 aromatic heterocycles. The van der Waals surface area contributed by atoms with Crippen molar-refractivity contribution in [1.29, 1.82) is 0 Å². The number of carbonyl (C=O) groups is 1. The number of hydrogen-bond donors (Lipinski definition) is 3. The first-order valence-electron chi connectivity index (χ1n) is 8.13. The molecule has 118 valence electrons. The van der Waals surface area contributed by atoms with Crippen molar-refractivity contribution in [3.05, 3.63) is 39.3 Å². The van der Waals surface area contributed by atoms with E-state index in [4.69, 9.17) is 0 Å². The van der Waals surface area contributed by atoms with Crippen LogP contribution < -0.4 is 20.9 Å². The number of phenols is 1. The average Bonchev–Trinajstić information content (AvgIpc) is 3.12. The third-order valence-corrected chi connectivity index (χ3v) is 6.89. The number of rotatable bonds is 0. The van der Waals surface area contributed by atoms with E-state index in [1.807, 2.05) is 12.3 Å². The first-order chi connectivity index (χ1) is 11.7. The Bertz CT molecular complexity index is 1080. The molecule has 5 nitrogen and oxygen atoms in total. The van der Waals surface area contributed by atoms with Gasteiger partial charge < -0.3 is 10.4 Å². The number of ketones is 1. The second-order valence-electron chi connectivity index (χ2n) is 6.83. The van der Waals surface area contributed by atoms with Crippen molar-refractivity contribution in [1.82, 2.24) is 0 Å². The van der Waals surface area contributed by atoms with Crippen LogP contribution in [0.25, 0.3) is 5.57 Å². The van der Waals surface area contributed by atoms with Crippen LogP contribution in [0.5, 0.6) is 5.75 Å². The van der Waals surface area contributed by atoms with Crippen LogP contribution in [0, 0.1) is 0 Å². The van der Waals surface area contributed by atoms with Crippen LogP contribution in [0.1, 0.15) is 18.4 Å². The molecule has 6 heteroatoms. The number of aromatic hydroxyl groups is 1. The molecule has 1 saturated heterocycles. The smallest absolute Gasteiger partial charge is 0.215 e. The summed E-state index contributed by atoms with van der Waals surface area (Å²) in [7, 11) is 0. The molecular weight excluding hydrogens is 322 g/mol. The minimum atomic E-state index is -0.316. The highest BCUT2D eigenvalue weighted by Gasteiger charge is 2.53. The van der Waals surface area contributed by atoms with Crippen LogP contribution in [0.15, 0.2) is 28.1 Å². The third-order valence-electron chi connectivity index (χ3n) is 5.59. The number of fused-ring (bicyclic) bond motifs is 3. The summed E-state index contributed by atoms with van der Waals surface area (Å²) in [5.74, 6) is 0.273. The number of benzene rings is 1. The molecule has 24 heavy (non-hydrogen) atoms. The number of nitrogens with one attached hydrogen (secondary N) is 2. The SMILES string of the molecule is O=C1C=C[C@@]23C[C@@H](Nc4c(O)c5c6c(c42)=[NH+]CCC=6C=N5)SC3=C1. The molecule has 1 aromatic rings. The molecular formula is C18H14N3O2S+. The molecule has 1 fully saturated rings. The van der Waals surface area contributed by atoms with Crippen LogP contribution in [0.2, 0.25) is 0 Å². The Labute approximate surface area is 141 Å². The molecule has 1 spiro atoms. The zero-order valence-corrected chi connectivity index (χ0v) is 13.5. The molecule has 1 aromatic carbocycles. The number of aliphatic imine (C=N–C) groups is 1. The summed E-state index contributed by atoms with van der Waals surface area (Å²) in [6, 6.07) is 0. The lowest BCUT2D eigenvalue weighted by Gasteiger charge is -2.34. The standard InChI is InChI=1S/C18H13N3O2S/c22-9-1-3-18-6-11(24-10(18)5-9)21-16-13(18)14-12-8(2-4-19-14)7-20-15(12)17(16)23/h1,3,5,7,11,21,23H,2,4,6H2/p+1/t11-,18-/m0/s1. The number of phenolic OH excluding ortho intramolecular Hbond substituents is 1. The average molecular weight is 336 g/mol. The van der Waals surface area contributed by atoms with E-state index < -0.39 is 0 Å². The summed E-state index contributed by atoms with van der Waals surface area (Å²) in [6.45, 7) is 0.860. The first-order valence-corrected chi connectivity index (χ1v) is 9.01. The zero-order chi connectivity index (χ0) is 16.1. The molecule has 3 N–H and O–H groups in total. The quantitative estimate of drug-likeness (QED) is 0.559. The van der Waals surface area contributed by atoms with E-state index >= 15 is 0 Å². The van der Waals surface area contributed by atoms with Gasteiger partial charge in [0.2, 0.25) is 5.36 Å². The molecule has 1 aliphatic carbocycles. The van der Waals surface area contributed by atoms with Gasteiger partial charge in [0, 0.05) is 17.5 Å². The molecule has 4 heterocycles. The topological polar surface area (TPSA) is 75.7 Å². The van der Waals surface area contributed by atoms with Gasteiger partial charge in [-0.15, -0.1) is 11.8 Å². The first kappa shape index (κ1) is 13.0. The minimum absolute atomic E-state index is 0.0415. The van der Waals surface area contributed by atoms with Crippen molar-refractivity contribution in [2.75, 3.05) is 11.9 Å². The van der Waals surface area contributed by atoms with E-state index in [9.17, 15) is 9.90 Å². The van der Waals surface area contributed by atoms with E-state index in [2.05, 4.69) is 15.3 Å². The second kappa shape index (κ2) is 4.00. The maximum atomic E-state index is 11.9. The van der Waals surface area contributed by atoms with Crippen molar-refractivity contribution in [3.8, 4) is 5.75 Å². The fourth-order valence-electron chi connectivity index (χ4n) is 4.60. The molecule has 0 saturated carbocycles. The molecule has 0 amide bonds. The number of thioether (sulfide) groups is 1. The lowest BCUT2D eigenvalue weighted by atomic mass is 9.71. The third kappa shape index (κ3) is 1.33. The number of allylic oxidation sites excluding steroid dienone is 4. The van der Waals surface area contributed by atoms with Gasteiger partial charge in [-0.2, -0.15) is 0 Å². The number of carbonyl (C=O) groups excluding carboxylic acids is 1. The van der Waals surface area contributed by atoms with Crippen molar-refractivity contribution >= 4 is 40.7 Å². The fraction of sp³-hybridized carbons (Fsp3) is 0.278. The highest BCUT2D eigenvalue weighted by Crippen LogP contribution is 2.60. The number of nitrogens with zero attached hydrogens (tertiary/aromatic N) is 1. The Morgan fingerprint density at radius 2 is 2.38 bits per heavy atom. The van der Waals surface area contributed by atoms with Crippen LogP contribution in [0.3, 0.4) is 0 Å². The van der Waals surface area contributed by atoms with Gasteiger partial charge >= 0.3 is 0 Å². The lowest BCUT2D eigenvalue weighted by molar-refractivity contribution is -0.501. The van der Waals surface area contributed by atoms with Gasteiger partial charge in [0.25, 0.3) is 0 Å². The summed E-state index contributed by atoms with van der Waals surface area (Å²) in [6.07, 6.45) is 9.14. The van der Waals surface area contributed by atoms with Gasteiger partial charge in [-0.3, -0.25) is 9.79 Å². The van der Waals surface area contributed by atoms with Crippen molar-refractivity contribution in [2.24, 2.45) is 4.99 Å². The van der Waals surface area contributed by atoms with Crippen molar-refractivity contribution in [3.63, 3.8) is 0 Å². The number of anilines is 1. The van der Waals surface area contributed by atoms with Gasteiger partial charge in [-0.25, -0.2) is 4.99 Å². The lowest BCUT2D eigenvalue weighted by Crippen LogP contribution is -2.83. The second-order valence-corrected chi connectivity index (χ2v) is 8.07. The van der Waals surface area contributed by atoms with E-state index in [0.29, 0.717) is 5.69 Å². The van der Waals surface area contributed by atoms with Crippen LogP contribution in [-0.4, -0.2) is 29.0 Å². The predicted octanol–water partition coefficient (Wildman–Crippen LogP) is -0.488. The highest BCUT2D eigenvalue weighted by atomic mass is 32.2. The van der Waals surface area contributed by atoms with E-state index in [1.165, 1.54) is 5.57 Å². The Morgan fingerprint density at radius 3 is 3.29 bits per heavy atom. The zero-order valence-electron chi connectivity index (χ0n) is 12.7.